The number of halogens is 3. The molecule has 0 fully saturated rings. The van der Waals surface area contributed by atoms with Crippen molar-refractivity contribution in [2.24, 2.45) is 0 Å². The van der Waals surface area contributed by atoms with Crippen molar-refractivity contribution in [2.45, 2.75) is 19.4 Å². The maximum Gasteiger partial charge on any atom is 0.258 e. The number of nitrogens with one attached hydrogen (secondary N) is 1. The lowest BCUT2D eigenvalue weighted by Gasteiger charge is -2.14. The molecule has 0 bridgehead atoms. The number of rotatable bonds is 4. The zero-order valence-corrected chi connectivity index (χ0v) is 8.63. The summed E-state index contributed by atoms with van der Waals surface area (Å²) in [6.45, 7) is 2.31. The van der Waals surface area contributed by atoms with Crippen molar-refractivity contribution in [1.29, 1.82) is 0 Å². The van der Waals surface area contributed by atoms with E-state index in [4.69, 9.17) is 11.6 Å². The van der Waals surface area contributed by atoms with Gasteiger partial charge in [-0.25, -0.2) is 8.78 Å². The van der Waals surface area contributed by atoms with E-state index in [0.29, 0.717) is 15.8 Å². The first-order valence-electron chi connectivity index (χ1n) is 3.92. The van der Waals surface area contributed by atoms with Crippen molar-refractivity contribution >= 4 is 22.9 Å². The van der Waals surface area contributed by atoms with Gasteiger partial charge in [-0.3, -0.25) is 0 Å². The summed E-state index contributed by atoms with van der Waals surface area (Å²) >= 11 is 6.84. The smallest absolute Gasteiger partial charge is 0.258 e. The predicted octanol–water partition coefficient (Wildman–Crippen LogP) is 3.32. The molecule has 13 heavy (non-hydrogen) atoms. The maximum absolute atomic E-state index is 12.5. The fourth-order valence-electron chi connectivity index (χ4n) is 1.03. The third kappa shape index (κ3) is 2.90. The Kier molecular flexibility index (Phi) is 4.09. The Balaban J connectivity index is 2.75. The maximum atomic E-state index is 12.5. The van der Waals surface area contributed by atoms with Crippen LogP contribution in [0.15, 0.2) is 12.1 Å². The van der Waals surface area contributed by atoms with Crippen molar-refractivity contribution in [3.05, 3.63) is 21.3 Å². The van der Waals surface area contributed by atoms with Crippen LogP contribution in [-0.2, 0) is 0 Å². The average Bonchev–Trinajstić information content (AvgIpc) is 2.46. The first-order chi connectivity index (χ1) is 6.15. The van der Waals surface area contributed by atoms with Crippen molar-refractivity contribution in [3.63, 3.8) is 0 Å². The lowest BCUT2D eigenvalue weighted by molar-refractivity contribution is 0.101. The fraction of sp³-hybridized carbons (Fsp3) is 0.500. The zero-order chi connectivity index (χ0) is 9.84. The molecule has 74 valence electrons. The van der Waals surface area contributed by atoms with E-state index in [2.05, 4.69) is 5.32 Å². The largest absolute Gasteiger partial charge is 0.305 e. The normalized spacial score (nSPS) is 13.6. The van der Waals surface area contributed by atoms with Crippen LogP contribution in [0.25, 0.3) is 0 Å². The minimum absolute atomic E-state index is 0.518. The van der Waals surface area contributed by atoms with Gasteiger partial charge in [-0.2, -0.15) is 0 Å². The van der Waals surface area contributed by atoms with Crippen LogP contribution in [0.2, 0.25) is 4.34 Å². The molecule has 1 N–H and O–H groups in total. The van der Waals surface area contributed by atoms with E-state index in [-0.39, 0.29) is 0 Å². The minimum atomic E-state index is -2.39. The third-order valence-corrected chi connectivity index (χ3v) is 2.89. The molecule has 1 unspecified atom stereocenters. The molecule has 1 atom stereocenters. The summed E-state index contributed by atoms with van der Waals surface area (Å²) in [5.74, 6) is 0. The standard InChI is InChI=1S/C8H10ClF2NS/c1-2-12-7(8(10)11)5-3-4-6(9)13-5/h3-4,7-8,12H,2H2,1H3. The van der Waals surface area contributed by atoms with Gasteiger partial charge in [-0.15, -0.1) is 11.3 Å². The van der Waals surface area contributed by atoms with Gasteiger partial charge in [0, 0.05) is 4.88 Å². The SMILES string of the molecule is CCNC(c1ccc(Cl)s1)C(F)F. The Labute approximate surface area is 84.7 Å². The first kappa shape index (κ1) is 10.9. The summed E-state index contributed by atoms with van der Waals surface area (Å²) < 4.78 is 25.5. The molecular weight excluding hydrogens is 216 g/mol. The van der Waals surface area contributed by atoms with Gasteiger partial charge in [0.2, 0.25) is 0 Å². The molecular formula is C8H10ClF2NS. The summed E-state index contributed by atoms with van der Waals surface area (Å²) in [4.78, 5) is 0.585. The molecule has 0 aliphatic heterocycles. The van der Waals surface area contributed by atoms with Gasteiger partial charge in [-0.05, 0) is 18.7 Å². The molecule has 0 saturated carbocycles. The van der Waals surface area contributed by atoms with Crippen LogP contribution in [0.4, 0.5) is 8.78 Å². The Morgan fingerprint density at radius 2 is 2.23 bits per heavy atom. The zero-order valence-electron chi connectivity index (χ0n) is 7.06. The topological polar surface area (TPSA) is 12.0 Å². The van der Waals surface area contributed by atoms with Gasteiger partial charge in [0.15, 0.2) is 0 Å². The second-order valence-corrected chi connectivity index (χ2v) is 4.26. The van der Waals surface area contributed by atoms with Crippen LogP contribution < -0.4 is 5.32 Å². The van der Waals surface area contributed by atoms with Crippen LogP contribution in [0, 0.1) is 0 Å². The molecule has 0 radical (unpaired) electrons. The monoisotopic (exact) mass is 225 g/mol. The Bertz CT molecular complexity index is 264. The average molecular weight is 226 g/mol. The van der Waals surface area contributed by atoms with E-state index in [1.54, 1.807) is 19.1 Å². The molecule has 1 aromatic rings. The molecule has 0 aromatic carbocycles. The highest BCUT2D eigenvalue weighted by atomic mass is 35.5. The van der Waals surface area contributed by atoms with Crippen LogP contribution in [0.3, 0.4) is 0 Å². The van der Waals surface area contributed by atoms with E-state index < -0.39 is 12.5 Å². The van der Waals surface area contributed by atoms with E-state index in [9.17, 15) is 8.78 Å². The van der Waals surface area contributed by atoms with Crippen molar-refractivity contribution in [3.8, 4) is 0 Å². The second kappa shape index (κ2) is 4.88. The second-order valence-electron chi connectivity index (χ2n) is 2.51. The highest BCUT2D eigenvalue weighted by molar-refractivity contribution is 7.16. The molecule has 1 heterocycles. The third-order valence-electron chi connectivity index (χ3n) is 1.58. The highest BCUT2D eigenvalue weighted by Gasteiger charge is 2.22. The molecule has 0 saturated heterocycles. The van der Waals surface area contributed by atoms with Gasteiger partial charge in [0.25, 0.3) is 6.43 Å². The Morgan fingerprint density at radius 1 is 1.54 bits per heavy atom. The summed E-state index contributed by atoms with van der Waals surface area (Å²) in [6, 6.07) is 2.38. The number of hydrogen-bond donors (Lipinski definition) is 1. The van der Waals surface area contributed by atoms with Gasteiger partial charge in [0.05, 0.1) is 4.34 Å². The number of thiophene rings is 1. The van der Waals surface area contributed by atoms with Crippen LogP contribution in [-0.4, -0.2) is 13.0 Å². The highest BCUT2D eigenvalue weighted by Crippen LogP contribution is 2.30. The molecule has 0 aliphatic rings. The van der Waals surface area contributed by atoms with Crippen molar-refractivity contribution < 1.29 is 8.78 Å². The lowest BCUT2D eigenvalue weighted by atomic mass is 10.2. The minimum Gasteiger partial charge on any atom is -0.305 e. The van der Waals surface area contributed by atoms with Crippen molar-refractivity contribution in [2.75, 3.05) is 6.54 Å². The molecule has 0 spiro atoms. The van der Waals surface area contributed by atoms with Crippen molar-refractivity contribution in [1.82, 2.24) is 5.32 Å². The molecule has 5 heteroatoms. The Hall–Kier alpha value is -0.190. The quantitative estimate of drug-likeness (QED) is 0.829. The van der Waals surface area contributed by atoms with E-state index in [1.165, 1.54) is 11.3 Å². The summed E-state index contributed by atoms with van der Waals surface area (Å²) in [5.41, 5.74) is 0. The molecule has 1 nitrogen and oxygen atoms in total. The molecule has 1 aromatic heterocycles. The first-order valence-corrected chi connectivity index (χ1v) is 5.11. The van der Waals surface area contributed by atoms with Crippen LogP contribution in [0.1, 0.15) is 17.8 Å². The van der Waals surface area contributed by atoms with E-state index in [0.717, 1.165) is 0 Å². The lowest BCUT2D eigenvalue weighted by Crippen LogP contribution is -2.26. The van der Waals surface area contributed by atoms with Crippen LogP contribution >= 0.6 is 22.9 Å². The fourth-order valence-corrected chi connectivity index (χ4v) is 2.17. The number of hydrogen-bond acceptors (Lipinski definition) is 2. The van der Waals surface area contributed by atoms with Gasteiger partial charge in [0.1, 0.15) is 6.04 Å². The molecule has 0 aliphatic carbocycles. The van der Waals surface area contributed by atoms with E-state index >= 15 is 0 Å². The summed E-state index contributed by atoms with van der Waals surface area (Å²) in [6.07, 6.45) is -2.39. The van der Waals surface area contributed by atoms with Gasteiger partial charge < -0.3 is 5.32 Å². The predicted molar refractivity (Wildman–Crippen MR) is 51.8 cm³/mol. The number of alkyl halides is 2. The van der Waals surface area contributed by atoms with Gasteiger partial charge >= 0.3 is 0 Å². The van der Waals surface area contributed by atoms with E-state index in [1.807, 2.05) is 0 Å². The molecule has 1 rings (SSSR count). The van der Waals surface area contributed by atoms with Gasteiger partial charge in [-0.1, -0.05) is 18.5 Å². The summed E-state index contributed by atoms with van der Waals surface area (Å²) in [5, 5.41) is 2.71. The molecule has 0 amide bonds. The Morgan fingerprint density at radius 3 is 2.62 bits per heavy atom. The van der Waals surface area contributed by atoms with Crippen LogP contribution in [0.5, 0.6) is 0 Å². The summed E-state index contributed by atoms with van der Waals surface area (Å²) in [7, 11) is 0.